The van der Waals surface area contributed by atoms with Crippen LogP contribution in [-0.2, 0) is 9.84 Å². The van der Waals surface area contributed by atoms with E-state index in [1.165, 1.54) is 24.3 Å². The molecule has 7 heteroatoms. The van der Waals surface area contributed by atoms with Crippen molar-refractivity contribution in [2.45, 2.75) is 11.8 Å². The predicted octanol–water partition coefficient (Wildman–Crippen LogP) is 3.55. The van der Waals surface area contributed by atoms with Gasteiger partial charge in [0, 0.05) is 22.0 Å². The van der Waals surface area contributed by atoms with Crippen LogP contribution in [0.4, 0.5) is 10.1 Å². The summed E-state index contributed by atoms with van der Waals surface area (Å²) in [7, 11) is -3.37. The Labute approximate surface area is 136 Å². The van der Waals surface area contributed by atoms with Crippen LogP contribution in [0.2, 0.25) is 0 Å². The molecule has 0 aliphatic carbocycles. The molecule has 0 atom stereocenters. The quantitative estimate of drug-likeness (QED) is 0.878. The topological polar surface area (TPSA) is 63.2 Å². The molecule has 4 nitrogen and oxygen atoms in total. The standard InChI is InChI=1S/C15H13BrFNO3S/c1-9-3-4-13(22(2,20)21)8-14(9)18-15(19)10-5-11(16)7-12(17)6-10/h3-8H,1-2H3,(H,18,19). The lowest BCUT2D eigenvalue weighted by atomic mass is 10.1. The molecule has 0 fully saturated rings. The minimum absolute atomic E-state index is 0.105. The van der Waals surface area contributed by atoms with Crippen molar-refractivity contribution >= 4 is 37.4 Å². The van der Waals surface area contributed by atoms with Crippen molar-refractivity contribution in [1.82, 2.24) is 0 Å². The maximum absolute atomic E-state index is 13.3. The van der Waals surface area contributed by atoms with Crippen molar-refractivity contribution < 1.29 is 17.6 Å². The Morgan fingerprint density at radius 3 is 2.45 bits per heavy atom. The Kier molecular flexibility index (Phi) is 4.67. The van der Waals surface area contributed by atoms with Gasteiger partial charge in [0.25, 0.3) is 5.91 Å². The molecule has 0 spiro atoms. The summed E-state index contributed by atoms with van der Waals surface area (Å²) in [4.78, 5) is 12.3. The SMILES string of the molecule is Cc1ccc(S(C)(=O)=O)cc1NC(=O)c1cc(F)cc(Br)c1. The molecule has 0 aromatic heterocycles. The van der Waals surface area contributed by atoms with E-state index in [2.05, 4.69) is 21.2 Å². The molecule has 116 valence electrons. The van der Waals surface area contributed by atoms with Crippen LogP contribution < -0.4 is 5.32 Å². The number of carbonyl (C=O) groups excluding carboxylic acids is 1. The van der Waals surface area contributed by atoms with Gasteiger partial charge in [-0.05, 0) is 42.8 Å². The number of benzene rings is 2. The minimum atomic E-state index is -3.37. The molecule has 0 unspecified atom stereocenters. The van der Waals surface area contributed by atoms with Crippen LogP contribution in [0.15, 0.2) is 45.8 Å². The third-order valence-electron chi connectivity index (χ3n) is 3.01. The van der Waals surface area contributed by atoms with E-state index in [1.807, 2.05) is 0 Å². The largest absolute Gasteiger partial charge is 0.322 e. The first kappa shape index (κ1) is 16.6. The first-order valence-electron chi connectivity index (χ1n) is 6.25. The van der Waals surface area contributed by atoms with Gasteiger partial charge in [0.05, 0.1) is 4.90 Å². The zero-order chi connectivity index (χ0) is 16.5. The van der Waals surface area contributed by atoms with Crippen LogP contribution >= 0.6 is 15.9 Å². The van der Waals surface area contributed by atoms with E-state index >= 15 is 0 Å². The zero-order valence-corrected chi connectivity index (χ0v) is 14.3. The van der Waals surface area contributed by atoms with Crippen molar-refractivity contribution in [2.24, 2.45) is 0 Å². The third-order valence-corrected chi connectivity index (χ3v) is 4.58. The van der Waals surface area contributed by atoms with E-state index in [1.54, 1.807) is 13.0 Å². The van der Waals surface area contributed by atoms with Crippen molar-refractivity contribution in [3.8, 4) is 0 Å². The summed E-state index contributed by atoms with van der Waals surface area (Å²) >= 11 is 3.12. The number of hydrogen-bond donors (Lipinski definition) is 1. The second-order valence-electron chi connectivity index (χ2n) is 4.86. The Bertz CT molecular complexity index is 830. The van der Waals surface area contributed by atoms with E-state index in [-0.39, 0.29) is 10.5 Å². The van der Waals surface area contributed by atoms with Gasteiger partial charge in [-0.3, -0.25) is 4.79 Å². The number of nitrogens with one attached hydrogen (secondary N) is 1. The number of aryl methyl sites for hydroxylation is 1. The summed E-state index contributed by atoms with van der Waals surface area (Å²) in [5, 5.41) is 2.60. The normalized spacial score (nSPS) is 11.3. The molecule has 0 saturated heterocycles. The predicted molar refractivity (Wildman–Crippen MR) is 86.3 cm³/mol. The second kappa shape index (κ2) is 6.18. The van der Waals surface area contributed by atoms with Gasteiger partial charge in [0.15, 0.2) is 9.84 Å². The van der Waals surface area contributed by atoms with Crippen molar-refractivity contribution in [3.05, 3.63) is 57.8 Å². The van der Waals surface area contributed by atoms with E-state index in [9.17, 15) is 17.6 Å². The Morgan fingerprint density at radius 1 is 1.18 bits per heavy atom. The number of amides is 1. The van der Waals surface area contributed by atoms with Crippen LogP contribution in [0, 0.1) is 12.7 Å². The number of carbonyl (C=O) groups is 1. The lowest BCUT2D eigenvalue weighted by Gasteiger charge is -2.10. The highest BCUT2D eigenvalue weighted by Crippen LogP contribution is 2.22. The van der Waals surface area contributed by atoms with E-state index in [0.29, 0.717) is 15.7 Å². The van der Waals surface area contributed by atoms with Gasteiger partial charge in [-0.1, -0.05) is 22.0 Å². The van der Waals surface area contributed by atoms with Gasteiger partial charge in [0.1, 0.15) is 5.82 Å². The summed E-state index contributed by atoms with van der Waals surface area (Å²) < 4.78 is 36.9. The van der Waals surface area contributed by atoms with Crippen LogP contribution in [0.25, 0.3) is 0 Å². The monoisotopic (exact) mass is 385 g/mol. The molecule has 0 radical (unpaired) electrons. The average molecular weight is 386 g/mol. The first-order valence-corrected chi connectivity index (χ1v) is 8.93. The fourth-order valence-corrected chi connectivity index (χ4v) is 2.96. The lowest BCUT2D eigenvalue weighted by molar-refractivity contribution is 0.102. The molecule has 0 heterocycles. The molecule has 2 aromatic rings. The molecule has 1 N–H and O–H groups in total. The number of rotatable bonds is 3. The fourth-order valence-electron chi connectivity index (χ4n) is 1.85. The first-order chi connectivity index (χ1) is 10.2. The van der Waals surface area contributed by atoms with Gasteiger partial charge >= 0.3 is 0 Å². The van der Waals surface area contributed by atoms with Gasteiger partial charge in [-0.25, -0.2) is 12.8 Å². The number of anilines is 1. The molecule has 0 aliphatic rings. The number of sulfone groups is 1. The van der Waals surface area contributed by atoms with Gasteiger partial charge in [-0.15, -0.1) is 0 Å². The summed E-state index contributed by atoms with van der Waals surface area (Å²) in [5.74, 6) is -1.06. The van der Waals surface area contributed by atoms with Crippen molar-refractivity contribution in [1.29, 1.82) is 0 Å². The molecule has 0 bridgehead atoms. The molecular formula is C15H13BrFNO3S. The Hall–Kier alpha value is -1.73. The van der Waals surface area contributed by atoms with E-state index in [0.717, 1.165) is 12.3 Å². The van der Waals surface area contributed by atoms with Gasteiger partial charge in [-0.2, -0.15) is 0 Å². The molecule has 1 amide bonds. The second-order valence-corrected chi connectivity index (χ2v) is 7.79. The van der Waals surface area contributed by atoms with Gasteiger partial charge in [0.2, 0.25) is 0 Å². The number of hydrogen-bond acceptors (Lipinski definition) is 3. The highest BCUT2D eigenvalue weighted by atomic mass is 79.9. The summed E-state index contributed by atoms with van der Waals surface area (Å²) in [6.07, 6.45) is 1.09. The summed E-state index contributed by atoms with van der Waals surface area (Å²) in [6, 6.07) is 8.29. The summed E-state index contributed by atoms with van der Waals surface area (Å²) in [5.41, 5.74) is 1.21. The summed E-state index contributed by atoms with van der Waals surface area (Å²) in [6.45, 7) is 1.74. The highest BCUT2D eigenvalue weighted by Gasteiger charge is 2.13. The Morgan fingerprint density at radius 2 is 1.86 bits per heavy atom. The lowest BCUT2D eigenvalue weighted by Crippen LogP contribution is -2.13. The molecule has 2 rings (SSSR count). The van der Waals surface area contributed by atoms with Gasteiger partial charge < -0.3 is 5.32 Å². The fraction of sp³-hybridized carbons (Fsp3) is 0.133. The van der Waals surface area contributed by atoms with E-state index < -0.39 is 21.6 Å². The maximum Gasteiger partial charge on any atom is 0.255 e. The van der Waals surface area contributed by atoms with Crippen molar-refractivity contribution in [2.75, 3.05) is 11.6 Å². The minimum Gasteiger partial charge on any atom is -0.322 e. The molecule has 0 saturated carbocycles. The zero-order valence-electron chi connectivity index (χ0n) is 11.9. The molecule has 22 heavy (non-hydrogen) atoms. The smallest absolute Gasteiger partial charge is 0.255 e. The van der Waals surface area contributed by atoms with Crippen LogP contribution in [0.3, 0.4) is 0 Å². The molecule has 0 aliphatic heterocycles. The maximum atomic E-state index is 13.3. The van der Waals surface area contributed by atoms with Crippen LogP contribution in [0.1, 0.15) is 15.9 Å². The van der Waals surface area contributed by atoms with E-state index in [4.69, 9.17) is 0 Å². The number of halogens is 2. The third kappa shape index (κ3) is 3.92. The highest BCUT2D eigenvalue weighted by molar-refractivity contribution is 9.10. The van der Waals surface area contributed by atoms with Crippen molar-refractivity contribution in [3.63, 3.8) is 0 Å². The molecular weight excluding hydrogens is 373 g/mol. The average Bonchev–Trinajstić information content (AvgIpc) is 2.38. The molecule has 2 aromatic carbocycles. The van der Waals surface area contributed by atoms with Crippen LogP contribution in [-0.4, -0.2) is 20.6 Å². The van der Waals surface area contributed by atoms with Crippen LogP contribution in [0.5, 0.6) is 0 Å². The Balaban J connectivity index is 2.36.